The first kappa shape index (κ1) is 17.4. The number of para-hydroxylation sites is 2. The van der Waals surface area contributed by atoms with Crippen LogP contribution < -0.4 is 10.1 Å². The molecule has 146 valence electrons. The van der Waals surface area contributed by atoms with Crippen LogP contribution >= 0.6 is 0 Å². The Morgan fingerprint density at radius 1 is 1.11 bits per heavy atom. The van der Waals surface area contributed by atoms with Crippen LogP contribution in [0.2, 0.25) is 0 Å². The zero-order valence-electron chi connectivity index (χ0n) is 16.2. The maximum atomic E-state index is 10.4. The summed E-state index contributed by atoms with van der Waals surface area (Å²) in [5.41, 5.74) is 3.27. The molecule has 5 rings (SSSR count). The highest BCUT2D eigenvalue weighted by atomic mass is 16.5. The van der Waals surface area contributed by atoms with Crippen LogP contribution in [0.5, 0.6) is 11.5 Å². The van der Waals surface area contributed by atoms with Gasteiger partial charge in [0.05, 0.1) is 13.7 Å². The summed E-state index contributed by atoms with van der Waals surface area (Å²) < 4.78 is 5.25. The maximum absolute atomic E-state index is 10.4. The highest BCUT2D eigenvalue weighted by molar-refractivity contribution is 6.06. The molecule has 1 fully saturated rings. The second-order valence-corrected chi connectivity index (χ2v) is 7.80. The highest BCUT2D eigenvalue weighted by Gasteiger charge is 2.46. The smallest absolute Gasteiger partial charge is 0.162 e. The van der Waals surface area contributed by atoms with Gasteiger partial charge in [0.25, 0.3) is 0 Å². The van der Waals surface area contributed by atoms with E-state index in [4.69, 9.17) is 9.73 Å². The molecule has 2 aromatic rings. The third kappa shape index (κ3) is 2.71. The van der Waals surface area contributed by atoms with E-state index in [9.17, 15) is 5.11 Å². The lowest BCUT2D eigenvalue weighted by Gasteiger charge is -2.52. The number of amidine groups is 1. The van der Waals surface area contributed by atoms with Crippen LogP contribution in [0.1, 0.15) is 24.0 Å². The molecule has 0 radical (unpaired) electrons. The molecule has 0 aliphatic carbocycles. The third-order valence-electron chi connectivity index (χ3n) is 6.27. The summed E-state index contributed by atoms with van der Waals surface area (Å²) in [6.45, 7) is 4.52. The van der Waals surface area contributed by atoms with Crippen molar-refractivity contribution in [3.8, 4) is 11.5 Å². The van der Waals surface area contributed by atoms with Crippen LogP contribution in [0.4, 0.5) is 5.69 Å². The average molecular weight is 378 g/mol. The molecule has 6 nitrogen and oxygen atoms in total. The fourth-order valence-electron chi connectivity index (χ4n) is 4.78. The van der Waals surface area contributed by atoms with Gasteiger partial charge in [0.15, 0.2) is 11.5 Å². The number of anilines is 1. The van der Waals surface area contributed by atoms with Crippen molar-refractivity contribution in [2.24, 2.45) is 4.99 Å². The number of ether oxygens (including phenoxy) is 1. The summed E-state index contributed by atoms with van der Waals surface area (Å²) in [6, 6.07) is 14.2. The molecular weight excluding hydrogens is 352 g/mol. The number of benzene rings is 2. The van der Waals surface area contributed by atoms with Gasteiger partial charge in [-0.1, -0.05) is 24.3 Å². The summed E-state index contributed by atoms with van der Waals surface area (Å²) in [4.78, 5) is 9.70. The van der Waals surface area contributed by atoms with Crippen LogP contribution in [0.25, 0.3) is 0 Å². The van der Waals surface area contributed by atoms with Crippen LogP contribution in [0, 0.1) is 0 Å². The van der Waals surface area contributed by atoms with Crippen LogP contribution in [0.15, 0.2) is 47.5 Å². The number of nitrogens with one attached hydrogen (secondary N) is 1. The van der Waals surface area contributed by atoms with E-state index in [1.165, 1.54) is 11.3 Å². The van der Waals surface area contributed by atoms with Crippen molar-refractivity contribution >= 4 is 11.5 Å². The Morgan fingerprint density at radius 3 is 2.75 bits per heavy atom. The summed E-state index contributed by atoms with van der Waals surface area (Å²) in [6.07, 6.45) is 2.04. The molecule has 0 amide bonds. The van der Waals surface area contributed by atoms with Gasteiger partial charge in [-0.15, -0.1) is 0 Å². The minimum Gasteiger partial charge on any atom is -0.504 e. The number of hydrogen-bond acceptors (Lipinski definition) is 6. The summed E-state index contributed by atoms with van der Waals surface area (Å²) in [5, 5.41) is 14.3. The molecule has 2 N–H and O–H groups in total. The van der Waals surface area contributed by atoms with Gasteiger partial charge in [0.2, 0.25) is 0 Å². The molecule has 3 aliphatic heterocycles. The number of aromatic hydroxyl groups is 1. The summed E-state index contributed by atoms with van der Waals surface area (Å²) in [7, 11) is 1.59. The predicted molar refractivity (Wildman–Crippen MR) is 110 cm³/mol. The number of fused-ring (bicyclic) bond motifs is 4. The van der Waals surface area contributed by atoms with Gasteiger partial charge in [-0.2, -0.15) is 0 Å². The molecule has 2 aromatic carbocycles. The van der Waals surface area contributed by atoms with Gasteiger partial charge < -0.3 is 20.1 Å². The van der Waals surface area contributed by atoms with Crippen LogP contribution in [0.3, 0.4) is 0 Å². The monoisotopic (exact) mass is 378 g/mol. The number of likely N-dealkylation sites (tertiary alicyclic amines) is 1. The third-order valence-corrected chi connectivity index (χ3v) is 6.27. The van der Waals surface area contributed by atoms with Crippen molar-refractivity contribution in [2.45, 2.75) is 25.0 Å². The van der Waals surface area contributed by atoms with E-state index in [1.54, 1.807) is 13.2 Å². The van der Waals surface area contributed by atoms with Gasteiger partial charge in [-0.25, -0.2) is 0 Å². The standard InChI is InChI=1S/C22H26N4O2/c1-28-19-8-4-5-16(20(19)27)15-25-12-9-22(10-13-25)24-18-7-3-2-6-17(18)21-23-11-14-26(21)22/h2-8,24,27H,9-15H2,1H3. The second-order valence-electron chi connectivity index (χ2n) is 7.80. The Morgan fingerprint density at radius 2 is 1.93 bits per heavy atom. The quantitative estimate of drug-likeness (QED) is 0.860. The summed E-state index contributed by atoms with van der Waals surface area (Å²) in [5.74, 6) is 1.94. The zero-order chi connectivity index (χ0) is 19.1. The number of piperidine rings is 1. The van der Waals surface area contributed by atoms with Gasteiger partial charge >= 0.3 is 0 Å². The van der Waals surface area contributed by atoms with Crippen molar-refractivity contribution in [3.05, 3.63) is 53.6 Å². The molecular formula is C22H26N4O2. The van der Waals surface area contributed by atoms with Gasteiger partial charge in [0.1, 0.15) is 11.5 Å². The highest BCUT2D eigenvalue weighted by Crippen LogP contribution is 2.40. The molecule has 28 heavy (non-hydrogen) atoms. The number of nitrogens with zero attached hydrogens (tertiary/aromatic N) is 3. The number of rotatable bonds is 3. The van der Waals surface area contributed by atoms with Crippen molar-refractivity contribution in [1.29, 1.82) is 0 Å². The number of methoxy groups -OCH3 is 1. The minimum absolute atomic E-state index is 0.0589. The molecule has 1 saturated heterocycles. The maximum Gasteiger partial charge on any atom is 0.162 e. The van der Waals surface area contributed by atoms with E-state index in [0.29, 0.717) is 5.75 Å². The fraction of sp³-hybridized carbons (Fsp3) is 0.409. The first-order valence-corrected chi connectivity index (χ1v) is 9.97. The average Bonchev–Trinajstić information content (AvgIpc) is 3.23. The fourth-order valence-corrected chi connectivity index (χ4v) is 4.78. The zero-order valence-corrected chi connectivity index (χ0v) is 16.2. The molecule has 0 saturated carbocycles. The van der Waals surface area contributed by atoms with Crippen molar-refractivity contribution in [3.63, 3.8) is 0 Å². The lowest BCUT2D eigenvalue weighted by atomic mass is 9.90. The topological polar surface area (TPSA) is 60.3 Å². The Kier molecular flexibility index (Phi) is 4.16. The van der Waals surface area contributed by atoms with Gasteiger partial charge in [0, 0.05) is 55.8 Å². The number of aliphatic imine (C=N–C) groups is 1. The lowest BCUT2D eigenvalue weighted by molar-refractivity contribution is 0.0891. The van der Waals surface area contributed by atoms with Crippen LogP contribution in [-0.4, -0.2) is 59.7 Å². The van der Waals surface area contributed by atoms with Crippen LogP contribution in [-0.2, 0) is 6.54 Å². The number of phenolic OH excluding ortho intramolecular Hbond substituents is 1. The summed E-state index contributed by atoms with van der Waals surface area (Å²) >= 11 is 0. The molecule has 1 spiro atoms. The first-order valence-electron chi connectivity index (χ1n) is 9.97. The van der Waals surface area contributed by atoms with E-state index in [2.05, 4.69) is 39.4 Å². The van der Waals surface area contributed by atoms with E-state index in [0.717, 1.165) is 57.0 Å². The first-order chi connectivity index (χ1) is 13.7. The second kappa shape index (κ2) is 6.71. The Hall–Kier alpha value is -2.73. The molecule has 3 aliphatic rings. The van der Waals surface area contributed by atoms with E-state index in [-0.39, 0.29) is 11.4 Å². The van der Waals surface area contributed by atoms with E-state index < -0.39 is 0 Å². The number of hydrogen-bond donors (Lipinski definition) is 2. The molecule has 0 unspecified atom stereocenters. The Balaban J connectivity index is 1.34. The Bertz CT molecular complexity index is 919. The molecule has 3 heterocycles. The molecule has 0 atom stereocenters. The molecule has 6 heteroatoms. The van der Waals surface area contributed by atoms with Crippen molar-refractivity contribution < 1.29 is 9.84 Å². The lowest BCUT2D eigenvalue weighted by Crippen LogP contribution is -2.63. The molecule has 0 bridgehead atoms. The van der Waals surface area contributed by atoms with E-state index in [1.807, 2.05) is 12.1 Å². The van der Waals surface area contributed by atoms with Crippen molar-refractivity contribution in [1.82, 2.24) is 9.80 Å². The number of phenols is 1. The van der Waals surface area contributed by atoms with E-state index >= 15 is 0 Å². The van der Waals surface area contributed by atoms with Gasteiger partial charge in [-0.05, 0) is 18.2 Å². The minimum atomic E-state index is -0.0589. The predicted octanol–water partition coefficient (Wildman–Crippen LogP) is 2.88. The molecule has 0 aromatic heterocycles. The largest absolute Gasteiger partial charge is 0.504 e. The van der Waals surface area contributed by atoms with Crippen molar-refractivity contribution in [2.75, 3.05) is 38.6 Å². The Labute approximate surface area is 165 Å². The normalized spacial score (nSPS) is 20.3. The van der Waals surface area contributed by atoms with Gasteiger partial charge in [-0.3, -0.25) is 9.89 Å². The SMILES string of the molecule is COc1cccc(CN2CCC3(CC2)Nc2ccccc2C2=NCCN23)c1O.